The van der Waals surface area contributed by atoms with E-state index in [1.165, 1.54) is 29.5 Å². The van der Waals surface area contributed by atoms with Gasteiger partial charge in [0.2, 0.25) is 5.13 Å². The fourth-order valence-electron chi connectivity index (χ4n) is 2.38. The number of anilines is 1. The van der Waals surface area contributed by atoms with Crippen LogP contribution in [-0.2, 0) is 11.2 Å². The third-order valence-corrected chi connectivity index (χ3v) is 5.00. The molecule has 1 aromatic heterocycles. The first-order valence-electron chi connectivity index (χ1n) is 7.93. The number of halogens is 1. The first-order chi connectivity index (χ1) is 13.4. The van der Waals surface area contributed by atoms with Gasteiger partial charge < -0.3 is 5.11 Å². The fraction of sp³-hybridized carbons (Fsp3) is 0.0556. The minimum atomic E-state index is -1.27. The number of hydrazone groups is 1. The van der Waals surface area contributed by atoms with Gasteiger partial charge in [-0.2, -0.15) is 5.10 Å². The topological polar surface area (TPSA) is 118 Å². The summed E-state index contributed by atoms with van der Waals surface area (Å²) in [6.07, 6.45) is -0.190. The molecule has 0 bridgehead atoms. The van der Waals surface area contributed by atoms with E-state index in [0.29, 0.717) is 5.13 Å². The number of benzene rings is 2. The molecule has 0 saturated heterocycles. The summed E-state index contributed by atoms with van der Waals surface area (Å²) in [6, 6.07) is 13.6. The molecule has 1 heterocycles. The third-order valence-electron chi connectivity index (χ3n) is 3.72. The number of para-hydroxylation sites is 1. The molecule has 2 N–H and O–H groups in total. The molecule has 10 heteroatoms. The molecule has 0 saturated carbocycles. The SMILES string of the molecule is O=C(O)/C(Cc1ccccc1[N+](=O)[O-])=N\Nc1nc(-c2ccc(Br)cc2)cs1. The van der Waals surface area contributed by atoms with Gasteiger partial charge in [-0.15, -0.1) is 11.3 Å². The second-order valence-corrected chi connectivity index (χ2v) is 7.36. The van der Waals surface area contributed by atoms with Gasteiger partial charge in [-0.1, -0.05) is 46.3 Å². The number of aromatic nitrogens is 1. The molecule has 0 unspecified atom stereocenters. The second-order valence-electron chi connectivity index (χ2n) is 5.58. The van der Waals surface area contributed by atoms with Crippen LogP contribution in [0.5, 0.6) is 0 Å². The van der Waals surface area contributed by atoms with Crippen molar-refractivity contribution in [2.24, 2.45) is 5.10 Å². The average molecular weight is 461 g/mol. The highest BCUT2D eigenvalue weighted by molar-refractivity contribution is 9.10. The average Bonchev–Trinajstić information content (AvgIpc) is 3.14. The Morgan fingerprint density at radius 1 is 1.25 bits per heavy atom. The van der Waals surface area contributed by atoms with E-state index < -0.39 is 10.9 Å². The van der Waals surface area contributed by atoms with Gasteiger partial charge in [0.05, 0.1) is 10.6 Å². The number of carboxylic acid groups (broad SMARTS) is 1. The van der Waals surface area contributed by atoms with E-state index in [2.05, 4.69) is 31.4 Å². The number of carboxylic acids is 1. The molecule has 0 radical (unpaired) electrons. The number of aliphatic carboxylic acids is 1. The largest absolute Gasteiger partial charge is 0.477 e. The maximum Gasteiger partial charge on any atom is 0.352 e. The van der Waals surface area contributed by atoms with Crippen LogP contribution >= 0.6 is 27.3 Å². The van der Waals surface area contributed by atoms with Crippen molar-refractivity contribution in [2.45, 2.75) is 6.42 Å². The van der Waals surface area contributed by atoms with E-state index in [9.17, 15) is 20.0 Å². The van der Waals surface area contributed by atoms with Crippen LogP contribution in [0.2, 0.25) is 0 Å². The van der Waals surface area contributed by atoms with Crippen LogP contribution in [-0.4, -0.2) is 26.7 Å². The summed E-state index contributed by atoms with van der Waals surface area (Å²) in [4.78, 5) is 26.4. The minimum absolute atomic E-state index is 0.150. The van der Waals surface area contributed by atoms with Gasteiger partial charge in [0.15, 0.2) is 0 Å². The number of nitrogens with one attached hydrogen (secondary N) is 1. The zero-order valence-corrected chi connectivity index (χ0v) is 16.6. The van der Waals surface area contributed by atoms with Crippen LogP contribution in [0, 0.1) is 10.1 Å². The van der Waals surface area contributed by atoms with Gasteiger partial charge in [-0.05, 0) is 12.1 Å². The molecular formula is C18H13BrN4O4S. The summed E-state index contributed by atoms with van der Waals surface area (Å²) >= 11 is 4.65. The predicted octanol–water partition coefficient (Wildman–Crippen LogP) is 4.58. The summed E-state index contributed by atoms with van der Waals surface area (Å²) in [5, 5.41) is 26.6. The highest BCUT2D eigenvalue weighted by atomic mass is 79.9. The summed E-state index contributed by atoms with van der Waals surface area (Å²) < 4.78 is 0.954. The lowest BCUT2D eigenvalue weighted by molar-refractivity contribution is -0.385. The molecule has 0 atom stereocenters. The van der Waals surface area contributed by atoms with Crippen molar-refractivity contribution < 1.29 is 14.8 Å². The van der Waals surface area contributed by atoms with Crippen molar-refractivity contribution in [3.05, 3.63) is 74.1 Å². The van der Waals surface area contributed by atoms with E-state index in [1.54, 1.807) is 6.07 Å². The zero-order chi connectivity index (χ0) is 20.1. The lowest BCUT2D eigenvalue weighted by atomic mass is 10.1. The van der Waals surface area contributed by atoms with Crippen LogP contribution < -0.4 is 5.43 Å². The highest BCUT2D eigenvalue weighted by Gasteiger charge is 2.18. The van der Waals surface area contributed by atoms with Crippen LogP contribution in [0.4, 0.5) is 10.8 Å². The quantitative estimate of drug-likeness (QED) is 0.302. The number of nitro groups is 1. The molecule has 3 aromatic rings. The maximum absolute atomic E-state index is 11.5. The van der Waals surface area contributed by atoms with Crippen LogP contribution in [0.25, 0.3) is 11.3 Å². The summed E-state index contributed by atoms with van der Waals surface area (Å²) in [5.41, 5.74) is 4.14. The normalized spacial score (nSPS) is 11.2. The molecule has 0 amide bonds. The molecule has 3 rings (SSSR count). The number of hydrogen-bond acceptors (Lipinski definition) is 7. The molecular weight excluding hydrogens is 448 g/mol. The van der Waals surface area contributed by atoms with E-state index in [-0.39, 0.29) is 23.4 Å². The first kappa shape index (κ1) is 19.6. The van der Waals surface area contributed by atoms with Crippen LogP contribution in [0.1, 0.15) is 5.56 Å². The Balaban J connectivity index is 1.78. The Labute approximate surface area is 171 Å². The molecule has 0 aliphatic carbocycles. The number of carbonyl (C=O) groups is 1. The molecule has 142 valence electrons. The van der Waals surface area contributed by atoms with Gasteiger partial charge in [0, 0.05) is 33.5 Å². The monoisotopic (exact) mass is 460 g/mol. The second kappa shape index (κ2) is 8.72. The zero-order valence-electron chi connectivity index (χ0n) is 14.2. The van der Waals surface area contributed by atoms with E-state index in [4.69, 9.17) is 0 Å². The van der Waals surface area contributed by atoms with Crippen molar-refractivity contribution in [3.8, 4) is 11.3 Å². The predicted molar refractivity (Wildman–Crippen MR) is 111 cm³/mol. The van der Waals surface area contributed by atoms with E-state index in [0.717, 1.165) is 15.7 Å². The third kappa shape index (κ3) is 4.78. The Hall–Kier alpha value is -3.11. The first-order valence-corrected chi connectivity index (χ1v) is 9.61. The van der Waals surface area contributed by atoms with E-state index >= 15 is 0 Å². The summed E-state index contributed by atoms with van der Waals surface area (Å²) in [5.74, 6) is -1.27. The highest BCUT2D eigenvalue weighted by Crippen LogP contribution is 2.26. The lowest BCUT2D eigenvalue weighted by Gasteiger charge is -2.04. The maximum atomic E-state index is 11.5. The number of rotatable bonds is 7. The molecule has 28 heavy (non-hydrogen) atoms. The Morgan fingerprint density at radius 3 is 2.64 bits per heavy atom. The van der Waals surface area contributed by atoms with Crippen LogP contribution in [0.3, 0.4) is 0 Å². The standard InChI is InChI=1S/C18H13BrN4O4S/c19-13-7-5-11(6-8-13)15-10-28-18(20-15)22-21-14(17(24)25)9-12-3-1-2-4-16(12)23(26)27/h1-8,10H,9H2,(H,20,22)(H,24,25)/b21-14-. The van der Waals surface area contributed by atoms with Crippen molar-refractivity contribution in [1.29, 1.82) is 0 Å². The number of hydrogen-bond donors (Lipinski definition) is 2. The van der Waals surface area contributed by atoms with Crippen LogP contribution in [0.15, 0.2) is 63.5 Å². The smallest absolute Gasteiger partial charge is 0.352 e. The Kier molecular flexibility index (Phi) is 6.12. The summed E-state index contributed by atoms with van der Waals surface area (Å²) in [6.45, 7) is 0. The molecule has 8 nitrogen and oxygen atoms in total. The Morgan fingerprint density at radius 2 is 1.96 bits per heavy atom. The molecule has 0 aliphatic heterocycles. The van der Waals surface area contributed by atoms with Crippen molar-refractivity contribution in [3.63, 3.8) is 0 Å². The van der Waals surface area contributed by atoms with E-state index in [1.807, 2.05) is 29.6 Å². The number of nitrogens with zero attached hydrogens (tertiary/aromatic N) is 3. The van der Waals surface area contributed by atoms with Crippen molar-refractivity contribution in [2.75, 3.05) is 5.43 Å². The molecule has 0 fully saturated rings. The molecule has 2 aromatic carbocycles. The van der Waals surface area contributed by atoms with Crippen molar-refractivity contribution in [1.82, 2.24) is 4.98 Å². The number of thiazole rings is 1. The van der Waals surface area contributed by atoms with Crippen molar-refractivity contribution >= 4 is 49.8 Å². The lowest BCUT2D eigenvalue weighted by Crippen LogP contribution is -2.18. The molecule has 0 spiro atoms. The fourth-order valence-corrected chi connectivity index (χ4v) is 3.30. The Bertz CT molecular complexity index is 1050. The minimum Gasteiger partial charge on any atom is -0.477 e. The molecule has 0 aliphatic rings. The van der Waals surface area contributed by atoms with Gasteiger partial charge in [-0.3, -0.25) is 15.5 Å². The van der Waals surface area contributed by atoms with Gasteiger partial charge >= 0.3 is 5.97 Å². The van der Waals surface area contributed by atoms with Gasteiger partial charge in [0.25, 0.3) is 5.69 Å². The summed E-state index contributed by atoms with van der Waals surface area (Å²) in [7, 11) is 0. The van der Waals surface area contributed by atoms with Gasteiger partial charge in [-0.25, -0.2) is 9.78 Å². The van der Waals surface area contributed by atoms with Gasteiger partial charge in [0.1, 0.15) is 5.71 Å². The number of nitro benzene ring substituents is 1.